The van der Waals surface area contributed by atoms with Gasteiger partial charge >= 0.3 is 0 Å². The van der Waals surface area contributed by atoms with Crippen molar-refractivity contribution in [1.82, 2.24) is 0 Å². The van der Waals surface area contributed by atoms with Crippen LogP contribution in [0.3, 0.4) is 0 Å². The molecule has 1 aromatic rings. The lowest BCUT2D eigenvalue weighted by Crippen LogP contribution is -2.04. The van der Waals surface area contributed by atoms with Crippen LogP contribution in [0.25, 0.3) is 0 Å². The molecular weight excluding hydrogens is 244 g/mol. The summed E-state index contributed by atoms with van der Waals surface area (Å²) < 4.78 is 15.4. The topological polar surface area (TPSA) is 44.8 Å². The Kier molecular flexibility index (Phi) is 5.10. The number of hydrogen-bond acceptors (Lipinski definition) is 4. The van der Waals surface area contributed by atoms with Crippen molar-refractivity contribution >= 4 is 17.4 Å². The second-order valence-corrected chi connectivity index (χ2v) is 3.65. The zero-order valence-electron chi connectivity index (χ0n) is 10.1. The average Bonchev–Trinajstić information content (AvgIpc) is 2.37. The molecule has 0 spiro atoms. The number of alkyl halides is 1. The highest BCUT2D eigenvalue weighted by molar-refractivity contribution is 6.19. The highest BCUT2D eigenvalue weighted by Gasteiger charge is 2.16. The molecular formula is C12H15ClO4. The van der Waals surface area contributed by atoms with E-state index < -0.39 is 0 Å². The maximum atomic E-state index is 11.8. The van der Waals surface area contributed by atoms with Crippen LogP contribution in [0.1, 0.15) is 16.8 Å². The minimum Gasteiger partial charge on any atom is -0.496 e. The Morgan fingerprint density at radius 2 is 1.59 bits per heavy atom. The Hall–Kier alpha value is -1.42. The molecule has 1 rings (SSSR count). The van der Waals surface area contributed by atoms with Gasteiger partial charge in [0.1, 0.15) is 5.75 Å². The predicted octanol–water partition coefficient (Wildman–Crippen LogP) is 2.52. The molecule has 0 bridgehead atoms. The zero-order chi connectivity index (χ0) is 12.8. The van der Waals surface area contributed by atoms with Crippen LogP contribution in [0.4, 0.5) is 0 Å². The molecule has 0 aliphatic carbocycles. The van der Waals surface area contributed by atoms with Gasteiger partial charge in [0.25, 0.3) is 0 Å². The fraction of sp³-hybridized carbons (Fsp3) is 0.417. The lowest BCUT2D eigenvalue weighted by Gasteiger charge is -2.13. The minimum absolute atomic E-state index is 0.0854. The van der Waals surface area contributed by atoms with Crippen LogP contribution < -0.4 is 14.2 Å². The number of carbonyl (C=O) groups is 1. The van der Waals surface area contributed by atoms with Crippen LogP contribution in [0, 0.1) is 0 Å². The van der Waals surface area contributed by atoms with E-state index in [1.165, 1.54) is 21.3 Å². The number of carbonyl (C=O) groups excluding carboxylic acids is 1. The summed E-state index contributed by atoms with van der Waals surface area (Å²) in [5.41, 5.74) is 0.450. The van der Waals surface area contributed by atoms with E-state index in [0.29, 0.717) is 22.8 Å². The molecule has 0 N–H and O–H groups in total. The highest BCUT2D eigenvalue weighted by Crippen LogP contribution is 2.35. The first-order valence-electron chi connectivity index (χ1n) is 5.07. The van der Waals surface area contributed by atoms with Crippen LogP contribution in [-0.2, 0) is 0 Å². The first-order valence-corrected chi connectivity index (χ1v) is 5.60. The van der Waals surface area contributed by atoms with Crippen molar-refractivity contribution in [3.63, 3.8) is 0 Å². The van der Waals surface area contributed by atoms with E-state index in [0.717, 1.165) is 0 Å². The summed E-state index contributed by atoms with van der Waals surface area (Å²) >= 11 is 5.56. The molecule has 0 fully saturated rings. The Balaban J connectivity index is 3.23. The predicted molar refractivity (Wildman–Crippen MR) is 65.8 cm³/mol. The van der Waals surface area contributed by atoms with Crippen molar-refractivity contribution < 1.29 is 19.0 Å². The molecule has 0 saturated heterocycles. The smallest absolute Gasteiger partial charge is 0.167 e. The third kappa shape index (κ3) is 3.03. The van der Waals surface area contributed by atoms with Crippen molar-refractivity contribution in [2.24, 2.45) is 0 Å². The summed E-state index contributed by atoms with van der Waals surface area (Å²) in [5, 5.41) is 0. The summed E-state index contributed by atoms with van der Waals surface area (Å²) in [6.45, 7) is 0. The van der Waals surface area contributed by atoms with Crippen molar-refractivity contribution in [1.29, 1.82) is 0 Å². The van der Waals surface area contributed by atoms with Gasteiger partial charge in [0.15, 0.2) is 17.3 Å². The first-order chi connectivity index (χ1) is 8.17. The van der Waals surface area contributed by atoms with Crippen LogP contribution in [-0.4, -0.2) is 33.0 Å². The monoisotopic (exact) mass is 258 g/mol. The van der Waals surface area contributed by atoms with Gasteiger partial charge in [0.2, 0.25) is 0 Å². The number of rotatable bonds is 6. The number of Topliss-reactive ketones (excluding diaryl/α,β-unsaturated/α-hetero) is 1. The number of ketones is 1. The minimum atomic E-state index is -0.0854. The Labute approximate surface area is 105 Å². The summed E-state index contributed by atoms with van der Waals surface area (Å²) in [7, 11) is 4.54. The molecule has 0 aliphatic rings. The number of methoxy groups -OCH3 is 3. The summed E-state index contributed by atoms with van der Waals surface area (Å²) in [5.74, 6) is 1.66. The van der Waals surface area contributed by atoms with E-state index in [4.69, 9.17) is 25.8 Å². The van der Waals surface area contributed by atoms with Crippen molar-refractivity contribution in [2.75, 3.05) is 27.2 Å². The summed E-state index contributed by atoms with van der Waals surface area (Å²) in [6.07, 6.45) is 0.257. The molecule has 0 heterocycles. The molecule has 0 amide bonds. The van der Waals surface area contributed by atoms with E-state index in [9.17, 15) is 4.79 Å². The maximum Gasteiger partial charge on any atom is 0.167 e. The van der Waals surface area contributed by atoms with Gasteiger partial charge in [-0.1, -0.05) is 0 Å². The Bertz CT molecular complexity index is 404. The fourth-order valence-electron chi connectivity index (χ4n) is 1.47. The van der Waals surface area contributed by atoms with Gasteiger partial charge in [-0.25, -0.2) is 0 Å². The van der Waals surface area contributed by atoms with Gasteiger partial charge in [-0.3, -0.25) is 4.79 Å². The van der Waals surface area contributed by atoms with E-state index in [1.54, 1.807) is 12.1 Å². The maximum absolute atomic E-state index is 11.8. The fourth-order valence-corrected chi connectivity index (χ4v) is 1.64. The first kappa shape index (κ1) is 13.6. The Morgan fingerprint density at radius 3 is 2.06 bits per heavy atom. The lowest BCUT2D eigenvalue weighted by atomic mass is 10.1. The molecule has 0 unspecified atom stereocenters. The molecule has 0 aromatic heterocycles. The molecule has 94 valence electrons. The molecule has 0 saturated carbocycles. The zero-order valence-corrected chi connectivity index (χ0v) is 10.8. The third-order valence-corrected chi connectivity index (χ3v) is 2.52. The molecule has 0 radical (unpaired) electrons. The summed E-state index contributed by atoms with van der Waals surface area (Å²) in [6, 6.07) is 3.23. The molecule has 0 atom stereocenters. The van der Waals surface area contributed by atoms with Gasteiger partial charge in [-0.15, -0.1) is 11.6 Å². The van der Waals surface area contributed by atoms with Gasteiger partial charge in [0.05, 0.1) is 26.9 Å². The van der Waals surface area contributed by atoms with Gasteiger partial charge in [0, 0.05) is 18.4 Å². The molecule has 4 nitrogen and oxygen atoms in total. The Morgan fingerprint density at radius 1 is 1.06 bits per heavy atom. The van der Waals surface area contributed by atoms with Crippen molar-refractivity contribution in [3.8, 4) is 17.2 Å². The molecule has 1 aromatic carbocycles. The van der Waals surface area contributed by atoms with Crippen LogP contribution in [0.15, 0.2) is 12.1 Å². The number of halogens is 1. The van der Waals surface area contributed by atoms with E-state index in [2.05, 4.69) is 0 Å². The summed E-state index contributed by atoms with van der Waals surface area (Å²) in [4.78, 5) is 11.8. The van der Waals surface area contributed by atoms with Crippen molar-refractivity contribution in [3.05, 3.63) is 17.7 Å². The SMILES string of the molecule is COc1cc(OC)c(C(=O)CCCl)cc1OC. The quantitative estimate of drug-likeness (QED) is 0.581. The number of hydrogen-bond donors (Lipinski definition) is 0. The van der Waals surface area contributed by atoms with Crippen molar-refractivity contribution in [2.45, 2.75) is 6.42 Å². The average molecular weight is 259 g/mol. The standard InChI is InChI=1S/C12H15ClO4/c1-15-10-7-12(17-3)11(16-2)6-8(10)9(14)4-5-13/h6-7H,4-5H2,1-3H3. The van der Waals surface area contributed by atoms with Gasteiger partial charge in [-0.05, 0) is 6.07 Å². The number of benzene rings is 1. The third-order valence-electron chi connectivity index (χ3n) is 2.33. The van der Waals surface area contributed by atoms with E-state index >= 15 is 0 Å². The normalized spacial score (nSPS) is 9.88. The lowest BCUT2D eigenvalue weighted by molar-refractivity contribution is 0.0986. The highest BCUT2D eigenvalue weighted by atomic mass is 35.5. The number of ether oxygens (including phenoxy) is 3. The molecule has 5 heteroatoms. The van der Waals surface area contributed by atoms with E-state index in [1.807, 2.05) is 0 Å². The molecule has 17 heavy (non-hydrogen) atoms. The largest absolute Gasteiger partial charge is 0.496 e. The molecule has 0 aliphatic heterocycles. The van der Waals surface area contributed by atoms with Gasteiger partial charge < -0.3 is 14.2 Å². The van der Waals surface area contributed by atoms with Gasteiger partial charge in [-0.2, -0.15) is 0 Å². The van der Waals surface area contributed by atoms with Crippen LogP contribution >= 0.6 is 11.6 Å². The van der Waals surface area contributed by atoms with Crippen LogP contribution in [0.2, 0.25) is 0 Å². The van der Waals surface area contributed by atoms with Crippen LogP contribution in [0.5, 0.6) is 17.2 Å². The second kappa shape index (κ2) is 6.35. The second-order valence-electron chi connectivity index (χ2n) is 3.27. The van der Waals surface area contributed by atoms with E-state index in [-0.39, 0.29) is 18.1 Å².